The van der Waals surface area contributed by atoms with Crippen molar-refractivity contribution >= 4 is 11.6 Å². The summed E-state index contributed by atoms with van der Waals surface area (Å²) >= 11 is 5.90. The molecule has 0 saturated heterocycles. The fraction of sp³-hybridized carbons (Fsp3) is 0.538. The second-order valence-electron chi connectivity index (χ2n) is 4.55. The summed E-state index contributed by atoms with van der Waals surface area (Å²) in [4.78, 5) is 0. The summed E-state index contributed by atoms with van der Waals surface area (Å²) in [7, 11) is 0. The lowest BCUT2D eigenvalue weighted by Gasteiger charge is -2.16. The zero-order valence-corrected chi connectivity index (χ0v) is 11.2. The van der Waals surface area contributed by atoms with Crippen LogP contribution >= 0.6 is 11.6 Å². The van der Waals surface area contributed by atoms with Crippen LogP contribution in [0.5, 0.6) is 5.75 Å². The lowest BCUT2D eigenvalue weighted by atomic mass is 10.2. The van der Waals surface area contributed by atoms with E-state index in [2.05, 4.69) is 26.1 Å². The van der Waals surface area contributed by atoms with Gasteiger partial charge in [0.05, 0.1) is 11.6 Å². The predicted molar refractivity (Wildman–Crippen MR) is 69.2 cm³/mol. The minimum atomic E-state index is -0.336. The first-order valence-corrected chi connectivity index (χ1v) is 6.18. The summed E-state index contributed by atoms with van der Waals surface area (Å²) in [6, 6.07) is 4.59. The van der Waals surface area contributed by atoms with Crippen LogP contribution in [0.1, 0.15) is 20.8 Å². The molecule has 1 N–H and O–H groups in total. The Hall–Kier alpha value is -0.800. The fourth-order valence-corrected chi connectivity index (χ4v) is 1.49. The third-order valence-electron chi connectivity index (χ3n) is 2.29. The first-order chi connectivity index (χ1) is 7.99. The predicted octanol–water partition coefficient (Wildman–Crippen LogP) is 3.49. The molecule has 0 amide bonds. The fourth-order valence-electron chi connectivity index (χ4n) is 1.32. The van der Waals surface area contributed by atoms with Crippen molar-refractivity contribution in [2.24, 2.45) is 5.92 Å². The molecule has 2 nitrogen and oxygen atoms in total. The zero-order valence-electron chi connectivity index (χ0n) is 10.5. The molecule has 0 aliphatic heterocycles. The van der Waals surface area contributed by atoms with E-state index in [4.69, 9.17) is 16.3 Å². The molecule has 0 aliphatic carbocycles. The van der Waals surface area contributed by atoms with Gasteiger partial charge in [0.15, 0.2) is 0 Å². The van der Waals surface area contributed by atoms with Crippen molar-refractivity contribution in [2.45, 2.75) is 26.8 Å². The van der Waals surface area contributed by atoms with E-state index >= 15 is 0 Å². The maximum absolute atomic E-state index is 13.0. The Morgan fingerprint density at radius 2 is 2.06 bits per heavy atom. The monoisotopic (exact) mass is 259 g/mol. The Morgan fingerprint density at radius 3 is 2.71 bits per heavy atom. The second kappa shape index (κ2) is 6.82. The van der Waals surface area contributed by atoms with Gasteiger partial charge in [-0.1, -0.05) is 32.4 Å². The number of rotatable bonds is 6. The van der Waals surface area contributed by atoms with Gasteiger partial charge in [-0.2, -0.15) is 0 Å². The molecule has 0 aromatic heterocycles. The third kappa shape index (κ3) is 5.37. The molecule has 1 unspecified atom stereocenters. The van der Waals surface area contributed by atoms with E-state index in [-0.39, 0.29) is 5.82 Å². The van der Waals surface area contributed by atoms with Gasteiger partial charge in [-0.3, -0.25) is 0 Å². The van der Waals surface area contributed by atoms with Crippen LogP contribution in [-0.2, 0) is 0 Å². The van der Waals surface area contributed by atoms with Crippen LogP contribution < -0.4 is 10.1 Å². The van der Waals surface area contributed by atoms with Crippen molar-refractivity contribution in [1.29, 1.82) is 0 Å². The van der Waals surface area contributed by atoms with Gasteiger partial charge < -0.3 is 10.1 Å². The topological polar surface area (TPSA) is 21.3 Å². The van der Waals surface area contributed by atoms with Crippen LogP contribution in [-0.4, -0.2) is 19.2 Å². The number of hydrogen-bond acceptors (Lipinski definition) is 2. The van der Waals surface area contributed by atoms with E-state index in [1.165, 1.54) is 18.2 Å². The number of nitrogens with one attached hydrogen (secondary N) is 1. The van der Waals surface area contributed by atoms with Crippen molar-refractivity contribution in [3.8, 4) is 5.75 Å². The highest BCUT2D eigenvalue weighted by molar-refractivity contribution is 6.32. The molecule has 0 radical (unpaired) electrons. The molecular weight excluding hydrogens is 241 g/mol. The highest BCUT2D eigenvalue weighted by Gasteiger charge is 2.07. The normalized spacial score (nSPS) is 12.8. The number of ether oxygens (including phenoxy) is 1. The van der Waals surface area contributed by atoms with Crippen molar-refractivity contribution in [3.63, 3.8) is 0 Å². The van der Waals surface area contributed by atoms with Crippen molar-refractivity contribution in [2.75, 3.05) is 13.2 Å². The lowest BCUT2D eigenvalue weighted by molar-refractivity contribution is 0.252. The molecule has 0 saturated carbocycles. The van der Waals surface area contributed by atoms with Crippen molar-refractivity contribution in [3.05, 3.63) is 29.0 Å². The minimum absolute atomic E-state index is 0.336. The van der Waals surface area contributed by atoms with Crippen LogP contribution in [0, 0.1) is 11.7 Å². The molecule has 0 bridgehead atoms. The summed E-state index contributed by atoms with van der Waals surface area (Å²) in [5, 5.41) is 3.76. The molecule has 17 heavy (non-hydrogen) atoms. The lowest BCUT2D eigenvalue weighted by Crippen LogP contribution is -2.30. The van der Waals surface area contributed by atoms with Gasteiger partial charge in [-0.05, 0) is 12.1 Å². The molecule has 0 heterocycles. The van der Waals surface area contributed by atoms with Crippen molar-refractivity contribution in [1.82, 2.24) is 5.32 Å². The first-order valence-electron chi connectivity index (χ1n) is 5.80. The van der Waals surface area contributed by atoms with Gasteiger partial charge in [0.25, 0.3) is 0 Å². The van der Waals surface area contributed by atoms with E-state index in [0.29, 0.717) is 29.3 Å². The Bertz CT molecular complexity index is 357. The SMILES string of the molecule is CC(CNC(C)C)COc1cc(F)ccc1Cl. The molecule has 0 fully saturated rings. The van der Waals surface area contributed by atoms with E-state index in [1.54, 1.807) is 0 Å². The second-order valence-corrected chi connectivity index (χ2v) is 4.96. The number of benzene rings is 1. The van der Waals surface area contributed by atoms with Crippen molar-refractivity contribution < 1.29 is 9.13 Å². The Labute approximate surface area is 107 Å². The van der Waals surface area contributed by atoms with Crippen LogP contribution in [0.15, 0.2) is 18.2 Å². The number of hydrogen-bond donors (Lipinski definition) is 1. The summed E-state index contributed by atoms with van der Waals surface area (Å²) in [6.07, 6.45) is 0. The van der Waals surface area contributed by atoms with Gasteiger partial charge in [0.2, 0.25) is 0 Å². The Morgan fingerprint density at radius 1 is 1.35 bits per heavy atom. The molecule has 0 spiro atoms. The summed E-state index contributed by atoms with van der Waals surface area (Å²) < 4.78 is 18.5. The molecule has 4 heteroatoms. The van der Waals surface area contributed by atoms with E-state index in [0.717, 1.165) is 6.54 Å². The Balaban J connectivity index is 2.41. The molecule has 1 atom stereocenters. The smallest absolute Gasteiger partial charge is 0.140 e. The molecule has 1 rings (SSSR count). The minimum Gasteiger partial charge on any atom is -0.492 e. The summed E-state index contributed by atoms with van der Waals surface area (Å²) in [6.45, 7) is 7.64. The van der Waals surface area contributed by atoms with Gasteiger partial charge in [-0.15, -0.1) is 0 Å². The maximum atomic E-state index is 13.0. The summed E-state index contributed by atoms with van der Waals surface area (Å²) in [5.74, 6) is 0.414. The van der Waals surface area contributed by atoms with Gasteiger partial charge >= 0.3 is 0 Å². The van der Waals surface area contributed by atoms with E-state index in [9.17, 15) is 4.39 Å². The molecule has 0 aliphatic rings. The van der Waals surface area contributed by atoms with Crippen LogP contribution in [0.4, 0.5) is 4.39 Å². The highest BCUT2D eigenvalue weighted by Crippen LogP contribution is 2.25. The first kappa shape index (κ1) is 14.3. The zero-order chi connectivity index (χ0) is 12.8. The molecule has 96 valence electrons. The van der Waals surface area contributed by atoms with Gasteiger partial charge in [0.1, 0.15) is 11.6 Å². The van der Waals surface area contributed by atoms with E-state index < -0.39 is 0 Å². The van der Waals surface area contributed by atoms with Gasteiger partial charge in [-0.25, -0.2) is 4.39 Å². The van der Waals surface area contributed by atoms with E-state index in [1.807, 2.05) is 0 Å². The standard InChI is InChI=1S/C13H19ClFNO/c1-9(2)16-7-10(3)8-17-13-6-11(15)4-5-12(13)14/h4-6,9-10,16H,7-8H2,1-3H3. The van der Waals surface area contributed by atoms with Crippen LogP contribution in [0.25, 0.3) is 0 Å². The van der Waals surface area contributed by atoms with Crippen LogP contribution in [0.2, 0.25) is 5.02 Å². The quantitative estimate of drug-likeness (QED) is 0.844. The number of halogens is 2. The molecular formula is C13H19ClFNO. The van der Waals surface area contributed by atoms with Gasteiger partial charge in [0, 0.05) is 24.6 Å². The molecule has 1 aromatic carbocycles. The third-order valence-corrected chi connectivity index (χ3v) is 2.60. The summed E-state index contributed by atoms with van der Waals surface area (Å²) in [5.41, 5.74) is 0. The average Bonchev–Trinajstić information content (AvgIpc) is 2.27. The highest BCUT2D eigenvalue weighted by atomic mass is 35.5. The average molecular weight is 260 g/mol. The van der Waals surface area contributed by atoms with Crippen LogP contribution in [0.3, 0.4) is 0 Å². The molecule has 1 aromatic rings. The Kier molecular flexibility index (Phi) is 5.72. The maximum Gasteiger partial charge on any atom is 0.140 e. The largest absolute Gasteiger partial charge is 0.492 e.